The zero-order chi connectivity index (χ0) is 12.6. The van der Waals surface area contributed by atoms with E-state index in [1.165, 1.54) is 0 Å². The smallest absolute Gasteiger partial charge is 0.258 e. The summed E-state index contributed by atoms with van der Waals surface area (Å²) in [5.74, 6) is -0.464. The standard InChI is InChI=1S/C12H6ClN3O/c1-6-2-3-8(13)10-9(7(4-14)5-15)12(17)16-11(6)10/h2-3H,1H3,(H,16,17). The number of amides is 1. The third kappa shape index (κ3) is 1.56. The van der Waals surface area contributed by atoms with Gasteiger partial charge in [0, 0.05) is 5.56 Å². The van der Waals surface area contributed by atoms with Gasteiger partial charge in [-0.05, 0) is 18.6 Å². The maximum atomic E-state index is 11.8. The number of hydrogen-bond acceptors (Lipinski definition) is 3. The number of halogens is 1. The molecule has 82 valence electrons. The predicted octanol–water partition coefficient (Wildman–Crippen LogP) is 2.40. The Labute approximate surface area is 103 Å². The molecule has 1 amide bonds. The van der Waals surface area contributed by atoms with Crippen LogP contribution in [0.25, 0.3) is 5.57 Å². The fourth-order valence-electron chi connectivity index (χ4n) is 1.75. The van der Waals surface area contributed by atoms with Crippen LogP contribution in [0.15, 0.2) is 17.7 Å². The predicted molar refractivity (Wildman–Crippen MR) is 63.0 cm³/mol. The third-order valence-electron chi connectivity index (χ3n) is 2.55. The van der Waals surface area contributed by atoms with Gasteiger partial charge in [0.1, 0.15) is 17.7 Å². The summed E-state index contributed by atoms with van der Waals surface area (Å²) in [7, 11) is 0. The number of nitriles is 2. The Morgan fingerprint density at radius 2 is 2.00 bits per heavy atom. The molecule has 4 nitrogen and oxygen atoms in total. The second kappa shape index (κ2) is 3.93. The van der Waals surface area contributed by atoms with Crippen molar-refractivity contribution >= 4 is 28.8 Å². The number of carbonyl (C=O) groups excluding carboxylic acids is 1. The molecule has 0 saturated heterocycles. The molecule has 0 aromatic heterocycles. The van der Waals surface area contributed by atoms with Gasteiger partial charge in [-0.25, -0.2) is 0 Å². The van der Waals surface area contributed by atoms with Crippen molar-refractivity contribution in [1.29, 1.82) is 10.5 Å². The van der Waals surface area contributed by atoms with E-state index in [4.69, 9.17) is 22.1 Å². The van der Waals surface area contributed by atoms with E-state index in [9.17, 15) is 4.79 Å². The molecule has 0 saturated carbocycles. The molecule has 1 N–H and O–H groups in total. The number of rotatable bonds is 0. The van der Waals surface area contributed by atoms with E-state index in [-0.39, 0.29) is 11.1 Å². The molecule has 2 rings (SSSR count). The van der Waals surface area contributed by atoms with Crippen molar-refractivity contribution < 1.29 is 4.79 Å². The van der Waals surface area contributed by atoms with E-state index in [2.05, 4.69) is 5.32 Å². The second-order valence-electron chi connectivity index (χ2n) is 3.54. The summed E-state index contributed by atoms with van der Waals surface area (Å²) in [6.07, 6.45) is 0. The molecule has 0 fully saturated rings. The zero-order valence-electron chi connectivity index (χ0n) is 8.84. The molecule has 0 radical (unpaired) electrons. The molecule has 0 spiro atoms. The van der Waals surface area contributed by atoms with E-state index >= 15 is 0 Å². The summed E-state index contributed by atoms with van der Waals surface area (Å²) in [6, 6.07) is 6.83. The molecule has 1 aromatic rings. The lowest BCUT2D eigenvalue weighted by Crippen LogP contribution is -2.05. The molecule has 1 aliphatic heterocycles. The lowest BCUT2D eigenvalue weighted by atomic mass is 10.0. The Morgan fingerprint density at radius 1 is 1.35 bits per heavy atom. The van der Waals surface area contributed by atoms with Crippen LogP contribution < -0.4 is 5.32 Å². The summed E-state index contributed by atoms with van der Waals surface area (Å²) in [4.78, 5) is 11.8. The van der Waals surface area contributed by atoms with E-state index < -0.39 is 5.91 Å². The highest BCUT2D eigenvalue weighted by atomic mass is 35.5. The Balaban J connectivity index is 2.86. The number of anilines is 1. The first-order chi connectivity index (χ1) is 8.10. The van der Waals surface area contributed by atoms with Crippen molar-refractivity contribution in [1.82, 2.24) is 0 Å². The Bertz CT molecular complexity index is 631. The monoisotopic (exact) mass is 243 g/mol. The van der Waals surface area contributed by atoms with Crippen LogP contribution in [-0.4, -0.2) is 5.91 Å². The van der Waals surface area contributed by atoms with Gasteiger partial charge < -0.3 is 5.32 Å². The molecule has 0 bridgehead atoms. The fourth-order valence-corrected chi connectivity index (χ4v) is 2.00. The number of allylic oxidation sites excluding steroid dienone is 1. The van der Waals surface area contributed by atoms with Gasteiger partial charge in [-0.1, -0.05) is 17.7 Å². The van der Waals surface area contributed by atoms with Gasteiger partial charge in [0.2, 0.25) is 0 Å². The van der Waals surface area contributed by atoms with Gasteiger partial charge in [-0.3, -0.25) is 4.79 Å². The second-order valence-corrected chi connectivity index (χ2v) is 3.95. The largest absolute Gasteiger partial charge is 0.321 e. The van der Waals surface area contributed by atoms with Gasteiger partial charge >= 0.3 is 0 Å². The molecule has 1 aliphatic rings. The van der Waals surface area contributed by atoms with Crippen molar-refractivity contribution in [3.8, 4) is 12.1 Å². The summed E-state index contributed by atoms with van der Waals surface area (Å²) >= 11 is 6.01. The first-order valence-corrected chi connectivity index (χ1v) is 5.13. The Kier molecular flexibility index (Phi) is 2.59. The zero-order valence-corrected chi connectivity index (χ0v) is 9.59. The average Bonchev–Trinajstić information content (AvgIpc) is 2.65. The number of hydrogen-bond donors (Lipinski definition) is 1. The lowest BCUT2D eigenvalue weighted by molar-refractivity contribution is -0.110. The van der Waals surface area contributed by atoms with E-state index in [1.807, 2.05) is 6.92 Å². The van der Waals surface area contributed by atoms with Gasteiger partial charge in [0.25, 0.3) is 5.91 Å². The van der Waals surface area contributed by atoms with E-state index in [1.54, 1.807) is 24.3 Å². The van der Waals surface area contributed by atoms with Crippen molar-refractivity contribution in [3.63, 3.8) is 0 Å². The highest BCUT2D eigenvalue weighted by Gasteiger charge is 2.31. The average molecular weight is 244 g/mol. The fraction of sp³-hybridized carbons (Fsp3) is 0.0833. The SMILES string of the molecule is Cc1ccc(Cl)c2c1NC(=O)C2=C(C#N)C#N. The summed E-state index contributed by atoms with van der Waals surface area (Å²) < 4.78 is 0. The molecule has 0 unspecified atom stereocenters. The lowest BCUT2D eigenvalue weighted by Gasteiger charge is -2.04. The van der Waals surface area contributed by atoms with E-state index in [0.29, 0.717) is 16.3 Å². The minimum absolute atomic E-state index is 0.0544. The van der Waals surface area contributed by atoms with Crippen LogP contribution >= 0.6 is 11.6 Å². The van der Waals surface area contributed by atoms with Crippen LogP contribution in [0.5, 0.6) is 0 Å². The Hall–Kier alpha value is -2.30. The topological polar surface area (TPSA) is 76.7 Å². The summed E-state index contributed by atoms with van der Waals surface area (Å²) in [5, 5.41) is 20.6. The number of nitrogens with zero attached hydrogens (tertiary/aromatic N) is 2. The maximum absolute atomic E-state index is 11.8. The number of aryl methyl sites for hydroxylation is 1. The van der Waals surface area contributed by atoms with Crippen LogP contribution in [0.1, 0.15) is 11.1 Å². The van der Waals surface area contributed by atoms with Crippen molar-refractivity contribution in [3.05, 3.63) is 33.9 Å². The van der Waals surface area contributed by atoms with Gasteiger partial charge in [-0.15, -0.1) is 0 Å². The molecular formula is C12H6ClN3O. The van der Waals surface area contributed by atoms with Crippen molar-refractivity contribution in [2.45, 2.75) is 6.92 Å². The van der Waals surface area contributed by atoms with Crippen molar-refractivity contribution in [2.24, 2.45) is 0 Å². The molecule has 17 heavy (non-hydrogen) atoms. The summed E-state index contributed by atoms with van der Waals surface area (Å²) in [6.45, 7) is 1.82. The van der Waals surface area contributed by atoms with Crippen LogP contribution in [0.2, 0.25) is 5.02 Å². The van der Waals surface area contributed by atoms with Crippen LogP contribution in [0, 0.1) is 29.6 Å². The molecule has 0 aliphatic carbocycles. The first kappa shape index (κ1) is 11.2. The minimum atomic E-state index is -0.464. The molecule has 5 heteroatoms. The van der Waals surface area contributed by atoms with Gasteiger partial charge in [-0.2, -0.15) is 10.5 Å². The van der Waals surface area contributed by atoms with Crippen molar-refractivity contribution in [2.75, 3.05) is 5.32 Å². The van der Waals surface area contributed by atoms with Crippen LogP contribution in [0.3, 0.4) is 0 Å². The van der Waals surface area contributed by atoms with Gasteiger partial charge in [0.15, 0.2) is 0 Å². The molecular weight excluding hydrogens is 238 g/mol. The molecule has 1 heterocycles. The maximum Gasteiger partial charge on any atom is 0.258 e. The normalized spacial score (nSPS) is 12.5. The van der Waals surface area contributed by atoms with Gasteiger partial charge in [0.05, 0.1) is 16.3 Å². The number of fused-ring (bicyclic) bond motifs is 1. The van der Waals surface area contributed by atoms with E-state index in [0.717, 1.165) is 5.56 Å². The third-order valence-corrected chi connectivity index (χ3v) is 2.87. The highest BCUT2D eigenvalue weighted by Crippen LogP contribution is 2.40. The first-order valence-electron chi connectivity index (χ1n) is 4.75. The van der Waals surface area contributed by atoms with Crippen LogP contribution in [0.4, 0.5) is 5.69 Å². The number of nitrogens with one attached hydrogen (secondary N) is 1. The Morgan fingerprint density at radius 3 is 2.59 bits per heavy atom. The number of carbonyl (C=O) groups is 1. The molecule has 1 aromatic carbocycles. The highest BCUT2D eigenvalue weighted by molar-refractivity contribution is 6.40. The minimum Gasteiger partial charge on any atom is -0.321 e. The van der Waals surface area contributed by atoms with Crippen LogP contribution in [-0.2, 0) is 4.79 Å². The number of benzene rings is 1. The summed E-state index contributed by atoms with van der Waals surface area (Å²) in [5.41, 5.74) is 1.67. The quantitative estimate of drug-likeness (QED) is 0.561. The molecule has 0 atom stereocenters.